The van der Waals surface area contributed by atoms with Crippen LogP contribution in [0.1, 0.15) is 19.3 Å². The Morgan fingerprint density at radius 2 is 2.12 bits per heavy atom. The molecule has 2 fully saturated rings. The first-order valence-corrected chi connectivity index (χ1v) is 9.45. The fourth-order valence-electron chi connectivity index (χ4n) is 3.09. The monoisotopic (exact) mass is 355 g/mol. The smallest absolute Gasteiger partial charge is 0.271 e. The number of sulfonamides is 1. The molecular weight excluding hydrogens is 334 g/mol. The van der Waals surface area contributed by atoms with Crippen molar-refractivity contribution in [2.75, 3.05) is 26.7 Å². The van der Waals surface area contributed by atoms with Crippen molar-refractivity contribution in [3.63, 3.8) is 0 Å². The van der Waals surface area contributed by atoms with Crippen molar-refractivity contribution < 1.29 is 18.1 Å². The second-order valence-electron chi connectivity index (χ2n) is 6.32. The second kappa shape index (κ2) is 6.66. The Labute approximate surface area is 141 Å². The van der Waals surface area contributed by atoms with Gasteiger partial charge in [0.25, 0.3) is 5.69 Å². The second-order valence-corrected chi connectivity index (χ2v) is 8.06. The van der Waals surface area contributed by atoms with Crippen LogP contribution in [0, 0.1) is 16.0 Å². The van der Waals surface area contributed by atoms with E-state index in [0.29, 0.717) is 12.6 Å². The van der Waals surface area contributed by atoms with Crippen LogP contribution in [-0.4, -0.2) is 51.0 Å². The fraction of sp³-hybridized carbons (Fsp3) is 0.600. The minimum atomic E-state index is -3.87. The third kappa shape index (κ3) is 3.68. The first-order chi connectivity index (χ1) is 11.4. The molecule has 0 bridgehead atoms. The van der Waals surface area contributed by atoms with Gasteiger partial charge in [-0.3, -0.25) is 10.1 Å². The van der Waals surface area contributed by atoms with Crippen LogP contribution in [0.15, 0.2) is 23.1 Å². The van der Waals surface area contributed by atoms with Crippen LogP contribution >= 0.6 is 0 Å². The van der Waals surface area contributed by atoms with E-state index in [4.69, 9.17) is 4.74 Å². The van der Waals surface area contributed by atoms with Gasteiger partial charge in [0, 0.05) is 31.3 Å². The molecule has 0 amide bonds. The van der Waals surface area contributed by atoms with Crippen molar-refractivity contribution >= 4 is 15.7 Å². The Balaban J connectivity index is 1.70. The molecule has 1 aromatic carbocycles. The van der Waals surface area contributed by atoms with Gasteiger partial charge in [-0.15, -0.1) is 0 Å². The van der Waals surface area contributed by atoms with Gasteiger partial charge in [-0.05, 0) is 37.8 Å². The number of nitro benzene ring substituents is 1. The fourth-order valence-corrected chi connectivity index (χ4v) is 4.40. The molecule has 1 aliphatic carbocycles. The maximum atomic E-state index is 12.5. The number of nitro groups is 1. The third-order valence-electron chi connectivity index (χ3n) is 4.59. The highest BCUT2D eigenvalue weighted by molar-refractivity contribution is 7.89. The predicted molar refractivity (Wildman–Crippen MR) is 87.5 cm³/mol. The zero-order valence-corrected chi connectivity index (χ0v) is 14.3. The quantitative estimate of drug-likeness (QED) is 0.585. The lowest BCUT2D eigenvalue weighted by Crippen LogP contribution is -2.31. The zero-order chi connectivity index (χ0) is 17.3. The minimum Gasteiger partial charge on any atom is -0.495 e. The Bertz CT molecular complexity index is 733. The van der Waals surface area contributed by atoms with E-state index in [1.807, 2.05) is 0 Å². The summed E-state index contributed by atoms with van der Waals surface area (Å²) in [7, 11) is -2.53. The average Bonchev–Trinajstić information content (AvgIpc) is 3.31. The molecule has 9 heteroatoms. The summed E-state index contributed by atoms with van der Waals surface area (Å²) in [5.41, 5.74) is -0.281. The Kier molecular flexibility index (Phi) is 4.75. The molecule has 1 aromatic rings. The molecule has 0 spiro atoms. The normalized spacial score (nSPS) is 21.8. The van der Waals surface area contributed by atoms with Crippen molar-refractivity contribution in [2.45, 2.75) is 30.2 Å². The molecule has 0 unspecified atom stereocenters. The zero-order valence-electron chi connectivity index (χ0n) is 13.5. The van der Waals surface area contributed by atoms with Crippen molar-refractivity contribution in [3.05, 3.63) is 28.3 Å². The first kappa shape index (κ1) is 17.1. The Hall–Kier alpha value is -1.71. The lowest BCUT2D eigenvalue weighted by molar-refractivity contribution is -0.385. The number of benzene rings is 1. The number of ether oxygens (including phenoxy) is 1. The molecule has 2 aliphatic rings. The number of non-ortho nitro benzene ring substituents is 1. The molecule has 1 saturated heterocycles. The van der Waals surface area contributed by atoms with Crippen LogP contribution in [0.25, 0.3) is 0 Å². The molecule has 132 valence electrons. The van der Waals surface area contributed by atoms with E-state index < -0.39 is 14.9 Å². The molecule has 1 saturated carbocycles. The molecule has 1 aliphatic heterocycles. The maximum absolute atomic E-state index is 12.5. The molecular formula is C15H21N3O5S. The van der Waals surface area contributed by atoms with E-state index in [1.165, 1.54) is 32.1 Å². The number of methoxy groups -OCH3 is 1. The average molecular weight is 355 g/mol. The lowest BCUT2D eigenvalue weighted by atomic mass is 10.1. The van der Waals surface area contributed by atoms with Gasteiger partial charge in [-0.2, -0.15) is 0 Å². The Morgan fingerprint density at radius 1 is 1.38 bits per heavy atom. The summed E-state index contributed by atoms with van der Waals surface area (Å²) in [4.78, 5) is 12.5. The summed E-state index contributed by atoms with van der Waals surface area (Å²) in [6.07, 6.45) is 3.44. The van der Waals surface area contributed by atoms with Gasteiger partial charge in [0.2, 0.25) is 10.0 Å². The standard InChI is InChI=1S/C15H21N3O5S/c1-23-14-5-4-13(18(19)20)8-15(14)24(21,22)16-9-11-6-7-17(10-11)12-2-3-12/h4-5,8,11-12,16H,2-3,6-7,9-10H2,1H3/t11-/m0/s1. The molecule has 24 heavy (non-hydrogen) atoms. The van der Waals surface area contributed by atoms with Gasteiger partial charge in [0.1, 0.15) is 10.6 Å². The Morgan fingerprint density at radius 3 is 2.75 bits per heavy atom. The van der Waals surface area contributed by atoms with E-state index in [0.717, 1.165) is 25.6 Å². The van der Waals surface area contributed by atoms with Gasteiger partial charge in [-0.1, -0.05) is 0 Å². The van der Waals surface area contributed by atoms with Crippen molar-refractivity contribution in [1.29, 1.82) is 0 Å². The van der Waals surface area contributed by atoms with Crippen molar-refractivity contribution in [2.24, 2.45) is 5.92 Å². The summed E-state index contributed by atoms with van der Waals surface area (Å²) < 4.78 is 32.7. The lowest BCUT2D eigenvalue weighted by Gasteiger charge is -2.16. The van der Waals surface area contributed by atoms with E-state index in [9.17, 15) is 18.5 Å². The number of nitrogens with one attached hydrogen (secondary N) is 1. The third-order valence-corrected chi connectivity index (χ3v) is 6.03. The topological polar surface area (TPSA) is 102 Å². The first-order valence-electron chi connectivity index (χ1n) is 7.97. The molecule has 1 heterocycles. The van der Waals surface area contributed by atoms with Crippen LogP contribution in [0.2, 0.25) is 0 Å². The van der Waals surface area contributed by atoms with Crippen LogP contribution in [0.5, 0.6) is 5.75 Å². The predicted octanol–water partition coefficient (Wildman–Crippen LogP) is 1.37. The molecule has 1 N–H and O–H groups in total. The SMILES string of the molecule is COc1ccc([N+](=O)[O-])cc1S(=O)(=O)NC[C@@H]1CCN(C2CC2)C1. The number of hydrogen-bond donors (Lipinski definition) is 1. The highest BCUT2D eigenvalue weighted by Gasteiger charge is 2.35. The molecule has 3 rings (SSSR count). The number of hydrogen-bond acceptors (Lipinski definition) is 6. The van der Waals surface area contributed by atoms with Gasteiger partial charge < -0.3 is 9.64 Å². The minimum absolute atomic E-state index is 0.0964. The van der Waals surface area contributed by atoms with E-state index in [-0.39, 0.29) is 22.3 Å². The number of rotatable bonds is 7. The van der Waals surface area contributed by atoms with Crippen LogP contribution in [0.4, 0.5) is 5.69 Å². The van der Waals surface area contributed by atoms with Crippen LogP contribution < -0.4 is 9.46 Å². The van der Waals surface area contributed by atoms with E-state index in [2.05, 4.69) is 9.62 Å². The van der Waals surface area contributed by atoms with Gasteiger partial charge >= 0.3 is 0 Å². The number of nitrogens with zero attached hydrogens (tertiary/aromatic N) is 2. The van der Waals surface area contributed by atoms with Crippen molar-refractivity contribution in [3.8, 4) is 5.75 Å². The molecule has 0 radical (unpaired) electrons. The summed E-state index contributed by atoms with van der Waals surface area (Å²) in [6, 6.07) is 4.25. The largest absolute Gasteiger partial charge is 0.495 e. The summed E-state index contributed by atoms with van der Waals surface area (Å²) in [5.74, 6) is 0.365. The summed E-state index contributed by atoms with van der Waals surface area (Å²) >= 11 is 0. The number of likely N-dealkylation sites (tertiary alicyclic amines) is 1. The van der Waals surface area contributed by atoms with Crippen LogP contribution in [0.3, 0.4) is 0 Å². The van der Waals surface area contributed by atoms with E-state index >= 15 is 0 Å². The van der Waals surface area contributed by atoms with Crippen LogP contribution in [-0.2, 0) is 10.0 Å². The molecule has 0 aromatic heterocycles. The van der Waals surface area contributed by atoms with Gasteiger partial charge in [-0.25, -0.2) is 13.1 Å². The summed E-state index contributed by atoms with van der Waals surface area (Å²) in [6.45, 7) is 2.24. The van der Waals surface area contributed by atoms with E-state index in [1.54, 1.807) is 0 Å². The maximum Gasteiger partial charge on any atom is 0.271 e. The van der Waals surface area contributed by atoms with Gasteiger partial charge in [0.15, 0.2) is 0 Å². The van der Waals surface area contributed by atoms with Gasteiger partial charge in [0.05, 0.1) is 12.0 Å². The summed E-state index contributed by atoms with van der Waals surface area (Å²) in [5, 5.41) is 10.9. The molecule has 1 atom stereocenters. The molecule has 8 nitrogen and oxygen atoms in total. The highest BCUT2D eigenvalue weighted by Crippen LogP contribution is 2.32. The highest BCUT2D eigenvalue weighted by atomic mass is 32.2. The van der Waals surface area contributed by atoms with Crippen molar-refractivity contribution in [1.82, 2.24) is 9.62 Å².